The zero-order valence-electron chi connectivity index (χ0n) is 35.7. The van der Waals surface area contributed by atoms with E-state index in [0.29, 0.717) is 10.5 Å². The maximum atomic E-state index is 8.63. The number of aromatic nitrogens is 2. The molecule has 2 aromatic heterocycles. The van der Waals surface area contributed by atoms with Gasteiger partial charge in [-0.05, 0) is 136 Å². The van der Waals surface area contributed by atoms with Gasteiger partial charge in [0.2, 0.25) is 0 Å². The molecule has 8 heteroatoms. The van der Waals surface area contributed by atoms with Crippen LogP contribution in [0.4, 0.5) is 0 Å². The highest BCUT2D eigenvalue weighted by molar-refractivity contribution is 9.10. The van der Waals surface area contributed by atoms with Crippen molar-refractivity contribution in [2.75, 3.05) is 0 Å². The van der Waals surface area contributed by atoms with Gasteiger partial charge in [0.15, 0.2) is 0 Å². The van der Waals surface area contributed by atoms with Gasteiger partial charge in [0.05, 0.1) is 22.1 Å². The fourth-order valence-electron chi connectivity index (χ4n) is 8.32. The Kier molecular flexibility index (Phi) is 13.2. The van der Waals surface area contributed by atoms with E-state index in [1.54, 1.807) is 24.3 Å². The number of halogens is 3. The second-order valence-electron chi connectivity index (χ2n) is 15.7. The molecule has 0 radical (unpaired) electrons. The minimum absolute atomic E-state index is 0.449. The molecule has 0 bridgehead atoms. The van der Waals surface area contributed by atoms with Crippen LogP contribution in [0, 0.1) is 0 Å². The van der Waals surface area contributed by atoms with Crippen molar-refractivity contribution in [1.82, 2.24) is 9.13 Å². The van der Waals surface area contributed by atoms with Gasteiger partial charge in [0, 0.05) is 47.4 Å². The Morgan fingerprint density at radius 1 is 0.409 bits per heavy atom. The molecule has 2 heterocycles. The number of rotatable bonds is 7. The van der Waals surface area contributed by atoms with E-state index in [2.05, 4.69) is 208 Å². The van der Waals surface area contributed by atoms with Gasteiger partial charge in [-0.15, -0.1) is 0 Å². The average molecular weight is 961 g/mol. The molecule has 320 valence electrons. The van der Waals surface area contributed by atoms with Gasteiger partial charge < -0.3 is 19.2 Å². The Morgan fingerprint density at radius 2 is 0.788 bits per heavy atom. The molecule has 0 aliphatic rings. The fourth-order valence-corrected chi connectivity index (χ4v) is 8.98. The summed E-state index contributed by atoms with van der Waals surface area (Å²) in [6.07, 6.45) is 3.74. The number of para-hydroxylation sites is 2. The van der Waals surface area contributed by atoms with Crippen molar-refractivity contribution in [3.05, 3.63) is 245 Å². The molecule has 0 aliphatic carbocycles. The Bertz CT molecular complexity index is 3290. The first kappa shape index (κ1) is 44.3. The van der Waals surface area contributed by atoms with Crippen LogP contribution in [-0.2, 0) is 0 Å². The summed E-state index contributed by atoms with van der Waals surface area (Å²) in [6.45, 7) is 7.67. The Balaban J connectivity index is 0.000000138. The minimum Gasteiger partial charge on any atom is -0.423 e. The maximum Gasteiger partial charge on any atom is 0.488 e. The van der Waals surface area contributed by atoms with Gasteiger partial charge >= 0.3 is 7.12 Å². The highest BCUT2D eigenvalue weighted by atomic mass is 79.9. The quantitative estimate of drug-likeness (QED) is 0.156. The predicted octanol–water partition coefficient (Wildman–Crippen LogP) is 15.6. The zero-order chi connectivity index (χ0) is 45.7. The van der Waals surface area contributed by atoms with E-state index in [-0.39, 0.29) is 0 Å². The first-order valence-electron chi connectivity index (χ1n) is 21.3. The Hall–Kier alpha value is -6.90. The summed E-state index contributed by atoms with van der Waals surface area (Å²) in [6, 6.07) is 70.3. The van der Waals surface area contributed by atoms with Crippen LogP contribution in [0.2, 0.25) is 10.0 Å². The van der Waals surface area contributed by atoms with Crippen LogP contribution in [0.1, 0.15) is 11.1 Å². The molecule has 11 aromatic rings. The predicted molar refractivity (Wildman–Crippen MR) is 287 cm³/mol. The summed E-state index contributed by atoms with van der Waals surface area (Å²) in [5.74, 6) is 0. The molecule has 4 nitrogen and oxygen atoms in total. The summed E-state index contributed by atoms with van der Waals surface area (Å²) < 4.78 is 5.72. The molecule has 0 unspecified atom stereocenters. The molecule has 0 fully saturated rings. The normalized spacial score (nSPS) is 10.9. The SMILES string of the molecule is C=Cc1ccc(-c2ccc3c(c2)c2cc(Br)ccc2n3-c2ccccc2)cc1.C=Cc1ccc(-c2ccc3c(c2)c2cc(Cl)ccc2n3-c2ccccc2)cc1.OB(O)c1ccc(Cl)cc1. The zero-order valence-corrected chi connectivity index (χ0v) is 38.8. The summed E-state index contributed by atoms with van der Waals surface area (Å²) in [5.41, 5.74) is 14.6. The van der Waals surface area contributed by atoms with E-state index in [9.17, 15) is 0 Å². The van der Waals surface area contributed by atoms with Crippen LogP contribution in [0.5, 0.6) is 0 Å². The van der Waals surface area contributed by atoms with Crippen molar-refractivity contribution < 1.29 is 10.0 Å². The third-order valence-corrected chi connectivity index (χ3v) is 12.6. The third kappa shape index (κ3) is 9.29. The van der Waals surface area contributed by atoms with Crippen LogP contribution in [0.15, 0.2) is 224 Å². The van der Waals surface area contributed by atoms with Crippen LogP contribution in [0.25, 0.3) is 89.4 Å². The molecule has 2 N–H and O–H groups in total. The molecular formula is C58H42BBrCl2N2O2. The first-order valence-corrected chi connectivity index (χ1v) is 22.9. The van der Waals surface area contributed by atoms with Crippen molar-refractivity contribution in [3.63, 3.8) is 0 Å². The fraction of sp³-hybridized carbons (Fsp3) is 0. The lowest BCUT2D eigenvalue weighted by Crippen LogP contribution is -2.29. The number of fused-ring (bicyclic) bond motifs is 6. The number of hydrogen-bond donors (Lipinski definition) is 2. The molecule has 9 aromatic carbocycles. The smallest absolute Gasteiger partial charge is 0.423 e. The number of hydrogen-bond acceptors (Lipinski definition) is 2. The third-order valence-electron chi connectivity index (χ3n) is 11.6. The Morgan fingerprint density at radius 3 is 1.23 bits per heavy atom. The van der Waals surface area contributed by atoms with E-state index < -0.39 is 7.12 Å². The molecule has 0 amide bonds. The lowest BCUT2D eigenvalue weighted by molar-refractivity contribution is 0.426. The van der Waals surface area contributed by atoms with Crippen LogP contribution in [-0.4, -0.2) is 26.3 Å². The summed E-state index contributed by atoms with van der Waals surface area (Å²) in [5, 5.41) is 23.5. The van der Waals surface area contributed by atoms with E-state index >= 15 is 0 Å². The van der Waals surface area contributed by atoms with Crippen molar-refractivity contribution in [2.45, 2.75) is 0 Å². The molecule has 11 rings (SSSR count). The van der Waals surface area contributed by atoms with E-state index in [1.807, 2.05) is 24.3 Å². The van der Waals surface area contributed by atoms with Crippen LogP contribution < -0.4 is 5.46 Å². The molecule has 0 saturated heterocycles. The van der Waals surface area contributed by atoms with Crippen LogP contribution >= 0.6 is 39.1 Å². The number of benzene rings is 9. The second kappa shape index (κ2) is 19.7. The van der Waals surface area contributed by atoms with E-state index in [1.165, 1.54) is 60.6 Å². The average Bonchev–Trinajstić information content (AvgIpc) is 3.86. The molecule has 0 aliphatic heterocycles. The van der Waals surface area contributed by atoms with Gasteiger partial charge in [-0.2, -0.15) is 0 Å². The second-order valence-corrected chi connectivity index (χ2v) is 17.5. The van der Waals surface area contributed by atoms with Crippen molar-refractivity contribution in [1.29, 1.82) is 0 Å². The highest BCUT2D eigenvalue weighted by Crippen LogP contribution is 2.38. The van der Waals surface area contributed by atoms with E-state index in [0.717, 1.165) is 37.2 Å². The summed E-state index contributed by atoms with van der Waals surface area (Å²) in [7, 11) is -1.41. The topological polar surface area (TPSA) is 50.3 Å². The van der Waals surface area contributed by atoms with Gasteiger partial charge in [-0.25, -0.2) is 0 Å². The van der Waals surface area contributed by atoms with Crippen molar-refractivity contribution in [3.8, 4) is 33.6 Å². The van der Waals surface area contributed by atoms with Gasteiger partial charge in [0.1, 0.15) is 0 Å². The summed E-state index contributed by atoms with van der Waals surface area (Å²) >= 11 is 15.5. The lowest BCUT2D eigenvalue weighted by Gasteiger charge is -2.08. The lowest BCUT2D eigenvalue weighted by atomic mass is 9.81. The Labute approximate surface area is 402 Å². The molecule has 0 spiro atoms. The molecule has 0 saturated carbocycles. The van der Waals surface area contributed by atoms with E-state index in [4.69, 9.17) is 33.2 Å². The maximum absolute atomic E-state index is 8.63. The van der Waals surface area contributed by atoms with Crippen molar-refractivity contribution in [2.24, 2.45) is 0 Å². The highest BCUT2D eigenvalue weighted by Gasteiger charge is 2.16. The molecular weight excluding hydrogens is 918 g/mol. The molecule has 0 atom stereocenters. The molecule has 66 heavy (non-hydrogen) atoms. The minimum atomic E-state index is -1.41. The standard InChI is InChI=1S/C26H18BrN.C26H18ClN.C6H6BClO2/c2*1-2-18-8-10-19(11-9-18)20-12-14-25-23(16-20)24-17-21(27)13-15-26(24)28(25)22-6-4-3-5-7-22;8-6-3-1-5(2-4-6)7(9)10/h2*2-17H,1H2;1-4,9-10H. The monoisotopic (exact) mass is 958 g/mol. The van der Waals surface area contributed by atoms with Gasteiger partial charge in [-0.3, -0.25) is 0 Å². The largest absolute Gasteiger partial charge is 0.488 e. The summed E-state index contributed by atoms with van der Waals surface area (Å²) in [4.78, 5) is 0. The van der Waals surface area contributed by atoms with Gasteiger partial charge in [-0.1, -0.05) is 174 Å². The van der Waals surface area contributed by atoms with Crippen molar-refractivity contribution >= 4 is 107 Å². The van der Waals surface area contributed by atoms with Gasteiger partial charge in [0.25, 0.3) is 0 Å². The number of nitrogens with zero attached hydrogens (tertiary/aromatic N) is 2. The first-order chi connectivity index (χ1) is 32.2. The van der Waals surface area contributed by atoms with Crippen LogP contribution in [0.3, 0.4) is 0 Å².